The van der Waals surface area contributed by atoms with Crippen molar-refractivity contribution in [1.82, 2.24) is 15.5 Å². The van der Waals surface area contributed by atoms with Gasteiger partial charge in [-0.05, 0) is 37.9 Å². The van der Waals surface area contributed by atoms with Crippen LogP contribution in [0.5, 0.6) is 0 Å². The third kappa shape index (κ3) is 6.86. The maximum absolute atomic E-state index is 11.4. The van der Waals surface area contributed by atoms with E-state index in [-0.39, 0.29) is 17.2 Å². The molecule has 1 aliphatic rings. The monoisotopic (exact) mass is 373 g/mol. The number of carbonyl (C=O) groups is 1. The van der Waals surface area contributed by atoms with Crippen molar-refractivity contribution in [2.45, 2.75) is 38.5 Å². The van der Waals surface area contributed by atoms with Crippen LogP contribution in [0, 0.1) is 5.92 Å². The molecule has 1 heterocycles. The Balaban J connectivity index is 1.69. The van der Waals surface area contributed by atoms with Gasteiger partial charge >= 0.3 is 0 Å². The molecule has 1 aromatic rings. The van der Waals surface area contributed by atoms with Crippen molar-refractivity contribution < 1.29 is 4.79 Å². The van der Waals surface area contributed by atoms with E-state index in [9.17, 15) is 4.79 Å². The van der Waals surface area contributed by atoms with E-state index in [1.54, 1.807) is 7.05 Å². The molecule has 150 valence electrons. The highest BCUT2D eigenvalue weighted by Crippen LogP contribution is 2.21. The van der Waals surface area contributed by atoms with Gasteiger partial charge in [-0.2, -0.15) is 0 Å². The molecule has 1 fully saturated rings. The zero-order valence-corrected chi connectivity index (χ0v) is 17.0. The number of carbonyl (C=O) groups excluding carboxylic acids is 1. The van der Waals surface area contributed by atoms with Crippen molar-refractivity contribution in [1.29, 1.82) is 0 Å². The highest BCUT2D eigenvalue weighted by Gasteiger charge is 2.23. The first-order chi connectivity index (χ1) is 12.9. The number of likely N-dealkylation sites (tertiary alicyclic amines) is 1. The Morgan fingerprint density at radius 2 is 2.04 bits per heavy atom. The molecular weight excluding hydrogens is 338 g/mol. The molecule has 0 saturated carbocycles. The van der Waals surface area contributed by atoms with E-state index < -0.39 is 0 Å². The fourth-order valence-electron chi connectivity index (χ4n) is 3.52. The summed E-state index contributed by atoms with van der Waals surface area (Å²) in [6.07, 6.45) is 2.99. The lowest BCUT2D eigenvalue weighted by atomic mass is 9.85. The summed E-state index contributed by atoms with van der Waals surface area (Å²) in [5.41, 5.74) is 6.78. The van der Waals surface area contributed by atoms with Gasteiger partial charge in [0.1, 0.15) is 0 Å². The van der Waals surface area contributed by atoms with Gasteiger partial charge in [-0.15, -0.1) is 0 Å². The number of nitrogens with two attached hydrogens (primary N) is 1. The number of amides is 1. The molecule has 2 rings (SSSR count). The third-order valence-electron chi connectivity index (χ3n) is 5.33. The minimum atomic E-state index is -0.163. The third-order valence-corrected chi connectivity index (χ3v) is 5.33. The van der Waals surface area contributed by atoms with E-state index in [4.69, 9.17) is 5.73 Å². The standard InChI is InChI=1S/C21H35N5O/c1-21(2,18-10-5-4-6-11-18)16-25-20(23-3)24-12-8-14-26-13-7-9-17(15-26)19(22)27/h4-6,10-11,17H,7-9,12-16H2,1-3H3,(H2,22,27)(H2,23,24,25). The second-order valence-electron chi connectivity index (χ2n) is 8.00. The molecule has 6 nitrogen and oxygen atoms in total. The molecule has 1 aliphatic heterocycles. The van der Waals surface area contributed by atoms with Gasteiger partial charge in [0.25, 0.3) is 0 Å². The number of aliphatic imine (C=N–C) groups is 1. The summed E-state index contributed by atoms with van der Waals surface area (Å²) >= 11 is 0. The van der Waals surface area contributed by atoms with Crippen molar-refractivity contribution in [3.63, 3.8) is 0 Å². The van der Waals surface area contributed by atoms with Gasteiger partial charge in [0.2, 0.25) is 5.91 Å². The van der Waals surface area contributed by atoms with Crippen molar-refractivity contribution in [2.24, 2.45) is 16.6 Å². The first-order valence-corrected chi connectivity index (χ1v) is 9.94. The summed E-state index contributed by atoms with van der Waals surface area (Å²) in [5, 5.41) is 6.82. The number of hydrogen-bond acceptors (Lipinski definition) is 3. The first-order valence-electron chi connectivity index (χ1n) is 9.94. The Kier molecular flexibility index (Phi) is 8.10. The Labute approximate surface area is 163 Å². The smallest absolute Gasteiger partial charge is 0.221 e. The summed E-state index contributed by atoms with van der Waals surface area (Å²) in [6.45, 7) is 8.95. The number of piperidine rings is 1. The van der Waals surface area contributed by atoms with Crippen LogP contribution >= 0.6 is 0 Å². The predicted molar refractivity (Wildman–Crippen MR) is 112 cm³/mol. The minimum absolute atomic E-state index is 0.0151. The molecular formula is C21H35N5O. The Bertz CT molecular complexity index is 614. The SMILES string of the molecule is CN=C(NCCCN1CCCC(C(N)=O)C1)NCC(C)(C)c1ccccc1. The highest BCUT2D eigenvalue weighted by molar-refractivity contribution is 5.79. The Morgan fingerprint density at radius 3 is 2.70 bits per heavy atom. The second kappa shape index (κ2) is 10.3. The van der Waals surface area contributed by atoms with Crippen LogP contribution in [-0.2, 0) is 10.2 Å². The zero-order chi connectivity index (χ0) is 19.7. The molecule has 1 saturated heterocycles. The quantitative estimate of drug-likeness (QED) is 0.368. The van der Waals surface area contributed by atoms with Crippen LogP contribution in [0.3, 0.4) is 0 Å². The zero-order valence-electron chi connectivity index (χ0n) is 17.0. The van der Waals surface area contributed by atoms with Crippen LogP contribution in [0.25, 0.3) is 0 Å². The van der Waals surface area contributed by atoms with Crippen LogP contribution in [0.4, 0.5) is 0 Å². The number of nitrogens with one attached hydrogen (secondary N) is 2. The number of primary amides is 1. The van der Waals surface area contributed by atoms with Gasteiger partial charge in [0.15, 0.2) is 5.96 Å². The predicted octanol–water partition coefficient (Wildman–Crippen LogP) is 1.72. The largest absolute Gasteiger partial charge is 0.369 e. The van der Waals surface area contributed by atoms with Gasteiger partial charge in [-0.25, -0.2) is 0 Å². The normalized spacial score (nSPS) is 18.9. The van der Waals surface area contributed by atoms with Crippen LogP contribution in [0.1, 0.15) is 38.7 Å². The van der Waals surface area contributed by atoms with Crippen molar-refractivity contribution in [3.05, 3.63) is 35.9 Å². The molecule has 0 spiro atoms. The number of benzene rings is 1. The Morgan fingerprint density at radius 1 is 1.30 bits per heavy atom. The van der Waals surface area contributed by atoms with E-state index in [0.29, 0.717) is 0 Å². The van der Waals surface area contributed by atoms with Gasteiger partial charge < -0.3 is 21.3 Å². The van der Waals surface area contributed by atoms with Crippen molar-refractivity contribution in [3.8, 4) is 0 Å². The number of nitrogens with zero attached hydrogens (tertiary/aromatic N) is 2. The topological polar surface area (TPSA) is 82.8 Å². The van der Waals surface area contributed by atoms with E-state index in [2.05, 4.69) is 58.6 Å². The highest BCUT2D eigenvalue weighted by atomic mass is 16.1. The number of hydrogen-bond donors (Lipinski definition) is 3. The summed E-state index contributed by atoms with van der Waals surface area (Å²) in [6, 6.07) is 10.5. The average molecular weight is 374 g/mol. The molecule has 1 amide bonds. The van der Waals surface area contributed by atoms with Crippen LogP contribution < -0.4 is 16.4 Å². The van der Waals surface area contributed by atoms with Crippen molar-refractivity contribution in [2.75, 3.05) is 39.8 Å². The van der Waals surface area contributed by atoms with Gasteiger partial charge in [-0.1, -0.05) is 44.2 Å². The molecule has 0 radical (unpaired) electrons. The van der Waals surface area contributed by atoms with Crippen LogP contribution in [-0.4, -0.2) is 56.5 Å². The molecule has 1 unspecified atom stereocenters. The maximum atomic E-state index is 11.4. The molecule has 0 aromatic heterocycles. The molecule has 6 heteroatoms. The van der Waals surface area contributed by atoms with Crippen LogP contribution in [0.15, 0.2) is 35.3 Å². The minimum Gasteiger partial charge on any atom is -0.369 e. The molecule has 27 heavy (non-hydrogen) atoms. The average Bonchev–Trinajstić information content (AvgIpc) is 2.68. The first kappa shape index (κ1) is 21.2. The van der Waals surface area contributed by atoms with E-state index in [1.165, 1.54) is 5.56 Å². The number of guanidine groups is 1. The van der Waals surface area contributed by atoms with Crippen LogP contribution in [0.2, 0.25) is 0 Å². The molecule has 1 atom stereocenters. The molecule has 1 aromatic carbocycles. The lowest BCUT2D eigenvalue weighted by Gasteiger charge is -2.31. The van der Waals surface area contributed by atoms with E-state index in [0.717, 1.165) is 57.9 Å². The lowest BCUT2D eigenvalue weighted by molar-refractivity contribution is -0.123. The molecule has 4 N–H and O–H groups in total. The van der Waals surface area contributed by atoms with Crippen molar-refractivity contribution >= 4 is 11.9 Å². The Hall–Kier alpha value is -2.08. The fraction of sp³-hybridized carbons (Fsp3) is 0.619. The fourth-order valence-corrected chi connectivity index (χ4v) is 3.52. The number of rotatable bonds is 8. The summed E-state index contributed by atoms with van der Waals surface area (Å²) in [7, 11) is 1.80. The second-order valence-corrected chi connectivity index (χ2v) is 8.00. The summed E-state index contributed by atoms with van der Waals surface area (Å²) in [4.78, 5) is 18.0. The van der Waals surface area contributed by atoms with Gasteiger partial charge in [-0.3, -0.25) is 9.79 Å². The summed E-state index contributed by atoms with van der Waals surface area (Å²) in [5.74, 6) is 0.678. The maximum Gasteiger partial charge on any atom is 0.221 e. The van der Waals surface area contributed by atoms with Gasteiger partial charge in [0, 0.05) is 32.1 Å². The lowest BCUT2D eigenvalue weighted by Crippen LogP contribution is -2.45. The molecule has 0 aliphatic carbocycles. The van der Waals surface area contributed by atoms with Gasteiger partial charge in [0.05, 0.1) is 5.92 Å². The van der Waals surface area contributed by atoms with E-state index in [1.807, 2.05) is 6.07 Å². The van der Waals surface area contributed by atoms with E-state index >= 15 is 0 Å². The summed E-state index contributed by atoms with van der Waals surface area (Å²) < 4.78 is 0. The molecule has 0 bridgehead atoms.